The summed E-state index contributed by atoms with van der Waals surface area (Å²) in [5.74, 6) is -0.111. The lowest BCUT2D eigenvalue weighted by Gasteiger charge is -2.34. The molecule has 0 saturated carbocycles. The number of carbonyl (C=O) groups is 1. The predicted molar refractivity (Wildman–Crippen MR) is 94.7 cm³/mol. The number of sulfonamides is 1. The van der Waals surface area contributed by atoms with Crippen LogP contribution in [0.5, 0.6) is 0 Å². The highest BCUT2D eigenvalue weighted by Gasteiger charge is 2.28. The van der Waals surface area contributed by atoms with E-state index >= 15 is 0 Å². The van der Waals surface area contributed by atoms with Crippen LogP contribution in [-0.2, 0) is 10.0 Å². The summed E-state index contributed by atoms with van der Waals surface area (Å²) >= 11 is 0. The highest BCUT2D eigenvalue weighted by molar-refractivity contribution is 7.89. The van der Waals surface area contributed by atoms with E-state index in [0.717, 1.165) is 13.1 Å². The Morgan fingerprint density at radius 1 is 1.33 bits per heavy atom. The summed E-state index contributed by atoms with van der Waals surface area (Å²) in [6, 6.07) is 5.06. The maximum Gasteiger partial charge on any atom is 0.254 e. The first-order valence-electron chi connectivity index (χ1n) is 8.45. The monoisotopic (exact) mass is 353 g/mol. The van der Waals surface area contributed by atoms with Crippen molar-refractivity contribution < 1.29 is 13.2 Å². The van der Waals surface area contributed by atoms with Crippen molar-refractivity contribution in [2.75, 3.05) is 32.7 Å². The smallest absolute Gasteiger partial charge is 0.254 e. The number of hydrogen-bond donors (Lipinski definition) is 1. The van der Waals surface area contributed by atoms with Gasteiger partial charge in [-0.05, 0) is 31.5 Å². The average Bonchev–Trinajstić information content (AvgIpc) is 2.56. The number of nitrogens with one attached hydrogen (secondary N) is 1. The molecular formula is C17H27N3O3S. The zero-order valence-corrected chi connectivity index (χ0v) is 15.7. The molecule has 1 fully saturated rings. The molecule has 7 heteroatoms. The first-order valence-corrected chi connectivity index (χ1v) is 9.89. The molecule has 0 aliphatic carbocycles. The molecule has 1 atom stereocenters. The molecule has 0 aromatic heterocycles. The lowest BCUT2D eigenvalue weighted by Crippen LogP contribution is -2.52. The van der Waals surface area contributed by atoms with Crippen LogP contribution in [0.25, 0.3) is 0 Å². The van der Waals surface area contributed by atoms with Gasteiger partial charge in [-0.2, -0.15) is 4.31 Å². The number of rotatable bonds is 5. The summed E-state index contributed by atoms with van der Waals surface area (Å²) in [6.45, 7) is 10.3. The van der Waals surface area contributed by atoms with Crippen molar-refractivity contribution in [3.8, 4) is 0 Å². The molecule has 1 N–H and O–H groups in total. The van der Waals surface area contributed by atoms with Gasteiger partial charge in [0.2, 0.25) is 10.0 Å². The fraction of sp³-hybridized carbons (Fsp3) is 0.588. The van der Waals surface area contributed by atoms with Gasteiger partial charge < -0.3 is 10.2 Å². The molecule has 1 saturated heterocycles. The van der Waals surface area contributed by atoms with E-state index in [1.165, 1.54) is 10.4 Å². The van der Waals surface area contributed by atoms with Crippen LogP contribution in [0, 0.1) is 6.92 Å². The molecule has 6 nitrogen and oxygen atoms in total. The van der Waals surface area contributed by atoms with Gasteiger partial charge in [0.05, 0.1) is 4.90 Å². The summed E-state index contributed by atoms with van der Waals surface area (Å²) in [4.78, 5) is 14.8. The van der Waals surface area contributed by atoms with Crippen LogP contribution >= 0.6 is 0 Å². The fourth-order valence-electron chi connectivity index (χ4n) is 3.02. The summed E-state index contributed by atoms with van der Waals surface area (Å²) in [5.41, 5.74) is 1.09. The van der Waals surface area contributed by atoms with Crippen LogP contribution in [0.1, 0.15) is 36.7 Å². The van der Waals surface area contributed by atoms with Crippen LogP contribution in [0.15, 0.2) is 23.1 Å². The molecule has 24 heavy (non-hydrogen) atoms. The Morgan fingerprint density at radius 2 is 2.00 bits per heavy atom. The van der Waals surface area contributed by atoms with Crippen LogP contribution in [-0.4, -0.2) is 62.3 Å². The summed E-state index contributed by atoms with van der Waals surface area (Å²) < 4.78 is 27.1. The van der Waals surface area contributed by atoms with Gasteiger partial charge in [0.1, 0.15) is 0 Å². The van der Waals surface area contributed by atoms with Crippen molar-refractivity contribution in [3.05, 3.63) is 29.3 Å². The van der Waals surface area contributed by atoms with Gasteiger partial charge in [0, 0.05) is 44.3 Å². The molecule has 0 spiro atoms. The number of carbonyl (C=O) groups excluding carboxylic acids is 1. The van der Waals surface area contributed by atoms with E-state index in [2.05, 4.69) is 5.32 Å². The number of aryl methyl sites for hydroxylation is 1. The van der Waals surface area contributed by atoms with Gasteiger partial charge in [-0.25, -0.2) is 8.42 Å². The topological polar surface area (TPSA) is 69.7 Å². The number of amides is 1. The average molecular weight is 353 g/mol. The van der Waals surface area contributed by atoms with Gasteiger partial charge >= 0.3 is 0 Å². The van der Waals surface area contributed by atoms with Gasteiger partial charge in [0.15, 0.2) is 0 Å². The molecule has 0 unspecified atom stereocenters. The van der Waals surface area contributed by atoms with Crippen molar-refractivity contribution in [2.45, 2.75) is 38.6 Å². The minimum absolute atomic E-state index is 0.0930. The lowest BCUT2D eigenvalue weighted by atomic mass is 10.1. The molecule has 1 aliphatic rings. The Bertz CT molecular complexity index is 699. The van der Waals surface area contributed by atoms with Crippen molar-refractivity contribution in [1.82, 2.24) is 14.5 Å². The fourth-order valence-corrected chi connectivity index (χ4v) is 4.73. The van der Waals surface area contributed by atoms with Crippen LogP contribution in [0.4, 0.5) is 0 Å². The quantitative estimate of drug-likeness (QED) is 0.870. The molecule has 1 aromatic rings. The second-order valence-electron chi connectivity index (χ2n) is 6.12. The van der Waals surface area contributed by atoms with E-state index in [4.69, 9.17) is 0 Å². The zero-order chi connectivity index (χ0) is 17.9. The number of benzene rings is 1. The minimum atomic E-state index is -3.58. The third kappa shape index (κ3) is 3.63. The maximum absolute atomic E-state index is 12.8. The Labute approximate surface area is 144 Å². The summed E-state index contributed by atoms with van der Waals surface area (Å²) in [5, 5.41) is 3.25. The van der Waals surface area contributed by atoms with E-state index in [-0.39, 0.29) is 16.8 Å². The SMILES string of the molecule is CCN(CC)S(=O)(=O)c1cc(C(=O)N2CCNC[C@@H]2C)ccc1C. The molecule has 1 heterocycles. The van der Waals surface area contributed by atoms with E-state index in [0.29, 0.717) is 30.8 Å². The highest BCUT2D eigenvalue weighted by atomic mass is 32.2. The van der Waals surface area contributed by atoms with Crippen molar-refractivity contribution in [3.63, 3.8) is 0 Å². The van der Waals surface area contributed by atoms with Crippen molar-refractivity contribution in [1.29, 1.82) is 0 Å². The van der Waals surface area contributed by atoms with E-state index in [1.807, 2.05) is 20.8 Å². The molecule has 1 aromatic carbocycles. The number of nitrogens with zero attached hydrogens (tertiary/aromatic N) is 2. The molecule has 1 amide bonds. The second kappa shape index (κ2) is 7.63. The lowest BCUT2D eigenvalue weighted by molar-refractivity contribution is 0.0655. The third-order valence-electron chi connectivity index (χ3n) is 4.52. The number of hydrogen-bond acceptors (Lipinski definition) is 4. The first kappa shape index (κ1) is 18.9. The Morgan fingerprint density at radius 3 is 2.58 bits per heavy atom. The molecular weight excluding hydrogens is 326 g/mol. The Balaban J connectivity index is 2.40. The van der Waals surface area contributed by atoms with Crippen molar-refractivity contribution in [2.24, 2.45) is 0 Å². The normalized spacial score (nSPS) is 18.9. The van der Waals surface area contributed by atoms with E-state index < -0.39 is 10.0 Å². The maximum atomic E-state index is 12.8. The Kier molecular flexibility index (Phi) is 6.01. The molecule has 2 rings (SSSR count). The van der Waals surface area contributed by atoms with E-state index in [9.17, 15) is 13.2 Å². The summed E-state index contributed by atoms with van der Waals surface area (Å²) in [7, 11) is -3.58. The van der Waals surface area contributed by atoms with Crippen LogP contribution in [0.3, 0.4) is 0 Å². The third-order valence-corrected chi connectivity index (χ3v) is 6.71. The highest BCUT2D eigenvalue weighted by Crippen LogP contribution is 2.22. The zero-order valence-electron chi connectivity index (χ0n) is 14.9. The van der Waals surface area contributed by atoms with Crippen LogP contribution in [0.2, 0.25) is 0 Å². The van der Waals surface area contributed by atoms with Crippen molar-refractivity contribution >= 4 is 15.9 Å². The number of piperazine rings is 1. The summed E-state index contributed by atoms with van der Waals surface area (Å²) in [6.07, 6.45) is 0. The van der Waals surface area contributed by atoms with Gasteiger partial charge in [-0.3, -0.25) is 4.79 Å². The standard InChI is InChI=1S/C17H27N3O3S/c1-5-19(6-2)24(22,23)16-11-15(8-7-13(16)3)17(21)20-10-9-18-12-14(20)4/h7-8,11,14,18H,5-6,9-10,12H2,1-4H3/t14-/m0/s1. The predicted octanol–water partition coefficient (Wildman–Crippen LogP) is 1.46. The molecule has 1 aliphatic heterocycles. The first-order chi connectivity index (χ1) is 11.3. The van der Waals surface area contributed by atoms with Gasteiger partial charge in [-0.15, -0.1) is 0 Å². The molecule has 134 valence electrons. The largest absolute Gasteiger partial charge is 0.333 e. The van der Waals surface area contributed by atoms with Crippen LogP contribution < -0.4 is 5.32 Å². The molecule has 0 radical (unpaired) electrons. The van der Waals surface area contributed by atoms with E-state index in [1.54, 1.807) is 24.0 Å². The second-order valence-corrected chi connectivity index (χ2v) is 8.03. The van der Waals surface area contributed by atoms with Gasteiger partial charge in [0.25, 0.3) is 5.91 Å². The molecule has 0 bridgehead atoms. The Hall–Kier alpha value is -1.44. The van der Waals surface area contributed by atoms with Gasteiger partial charge in [-0.1, -0.05) is 19.9 Å². The minimum Gasteiger partial charge on any atom is -0.333 e.